The second kappa shape index (κ2) is 9.45. The van der Waals surface area contributed by atoms with Crippen molar-refractivity contribution in [2.75, 3.05) is 20.8 Å². The molecule has 0 unspecified atom stereocenters. The molecule has 4 aromatic rings. The van der Waals surface area contributed by atoms with Crippen LogP contribution in [0.2, 0.25) is 0 Å². The topological polar surface area (TPSA) is 48.1 Å². The highest BCUT2D eigenvalue weighted by Gasteiger charge is 2.14. The molecule has 0 saturated carbocycles. The van der Waals surface area contributed by atoms with Gasteiger partial charge in [-0.3, -0.25) is 4.99 Å². The molecule has 0 aliphatic heterocycles. The van der Waals surface area contributed by atoms with E-state index >= 15 is 0 Å². The van der Waals surface area contributed by atoms with Crippen molar-refractivity contribution in [3.63, 3.8) is 0 Å². The number of aromatic nitrogens is 1. The molecule has 0 saturated heterocycles. The maximum absolute atomic E-state index is 5.60. The van der Waals surface area contributed by atoms with Crippen LogP contribution in [0.5, 0.6) is 11.5 Å². The van der Waals surface area contributed by atoms with Gasteiger partial charge in [-0.1, -0.05) is 48.5 Å². The number of rotatable bonds is 7. The van der Waals surface area contributed by atoms with E-state index in [0.29, 0.717) is 6.54 Å². The van der Waals surface area contributed by atoms with Gasteiger partial charge in [-0.05, 0) is 29.0 Å². The molecule has 0 atom stereocenters. The van der Waals surface area contributed by atoms with E-state index in [9.17, 15) is 0 Å². The Balaban J connectivity index is 1.88. The van der Waals surface area contributed by atoms with Crippen molar-refractivity contribution in [1.29, 1.82) is 0 Å². The zero-order valence-corrected chi connectivity index (χ0v) is 18.3. The maximum Gasteiger partial charge on any atom is 0.206 e. The molecule has 0 aliphatic rings. The van der Waals surface area contributed by atoms with Crippen LogP contribution in [0.1, 0.15) is 5.56 Å². The zero-order valence-electron chi connectivity index (χ0n) is 17.5. The first-order chi connectivity index (χ1) is 15.2. The molecule has 3 aromatic carbocycles. The number of benzene rings is 3. The number of fused-ring (bicyclic) bond motifs is 1. The number of ether oxygens (including phenoxy) is 2. The Morgan fingerprint density at radius 1 is 1.03 bits per heavy atom. The van der Waals surface area contributed by atoms with Gasteiger partial charge >= 0.3 is 0 Å². The normalized spacial score (nSPS) is 11.9. The van der Waals surface area contributed by atoms with Gasteiger partial charge in [0, 0.05) is 16.5 Å². The summed E-state index contributed by atoms with van der Waals surface area (Å²) >= 11 is 1.52. The largest absolute Gasteiger partial charge is 0.497 e. The van der Waals surface area contributed by atoms with Crippen LogP contribution in [0.15, 0.2) is 88.8 Å². The fraction of sp³-hybridized carbons (Fsp3) is 0.120. The molecule has 31 heavy (non-hydrogen) atoms. The number of nitrogens with zero attached hydrogens (tertiary/aromatic N) is 3. The molecule has 156 valence electrons. The zero-order chi connectivity index (χ0) is 21.6. The number of thiazole rings is 1. The smallest absolute Gasteiger partial charge is 0.206 e. The molecule has 4 rings (SSSR count). The van der Waals surface area contributed by atoms with Gasteiger partial charge in [0.2, 0.25) is 4.80 Å². The summed E-state index contributed by atoms with van der Waals surface area (Å²) in [5.41, 5.74) is 2.79. The molecular weight excluding hydrogens is 406 g/mol. The van der Waals surface area contributed by atoms with Gasteiger partial charge in [-0.15, -0.1) is 17.9 Å². The minimum absolute atomic E-state index is 0.513. The monoisotopic (exact) mass is 429 g/mol. The quantitative estimate of drug-likeness (QED) is 0.293. The summed E-state index contributed by atoms with van der Waals surface area (Å²) < 4.78 is 12.9. The van der Waals surface area contributed by atoms with E-state index in [-0.39, 0.29) is 0 Å². The predicted octanol–water partition coefficient (Wildman–Crippen LogP) is 5.36. The van der Waals surface area contributed by atoms with Crippen LogP contribution in [-0.2, 0) is 0 Å². The van der Waals surface area contributed by atoms with Gasteiger partial charge in [0.15, 0.2) is 0 Å². The van der Waals surface area contributed by atoms with Crippen molar-refractivity contribution in [3.05, 3.63) is 89.1 Å². The van der Waals surface area contributed by atoms with Crippen molar-refractivity contribution in [1.82, 2.24) is 4.68 Å². The molecule has 0 radical (unpaired) electrons. The van der Waals surface area contributed by atoms with Gasteiger partial charge in [0.1, 0.15) is 11.5 Å². The lowest BCUT2D eigenvalue weighted by atomic mass is 10.1. The third-order valence-electron chi connectivity index (χ3n) is 4.86. The van der Waals surface area contributed by atoms with Crippen molar-refractivity contribution < 1.29 is 9.47 Å². The van der Waals surface area contributed by atoms with Crippen molar-refractivity contribution in [3.8, 4) is 22.8 Å². The van der Waals surface area contributed by atoms with Gasteiger partial charge in [0.25, 0.3) is 0 Å². The van der Waals surface area contributed by atoms with E-state index in [0.717, 1.165) is 38.5 Å². The number of methoxy groups -OCH3 is 2. The lowest BCUT2D eigenvalue weighted by Crippen LogP contribution is -2.12. The summed E-state index contributed by atoms with van der Waals surface area (Å²) in [6.07, 6.45) is 3.64. The molecule has 1 heterocycles. The minimum Gasteiger partial charge on any atom is -0.497 e. The summed E-state index contributed by atoms with van der Waals surface area (Å²) in [4.78, 5) is 5.40. The van der Waals surface area contributed by atoms with Crippen LogP contribution in [-0.4, -0.2) is 31.7 Å². The van der Waals surface area contributed by atoms with Gasteiger partial charge in [0.05, 0.1) is 32.7 Å². The second-order valence-corrected chi connectivity index (χ2v) is 7.56. The average Bonchev–Trinajstić information content (AvgIpc) is 3.23. The molecule has 0 fully saturated rings. The van der Waals surface area contributed by atoms with Crippen LogP contribution in [0.25, 0.3) is 22.0 Å². The summed E-state index contributed by atoms with van der Waals surface area (Å²) in [5, 5.41) is 9.17. The third-order valence-corrected chi connectivity index (χ3v) is 5.71. The highest BCUT2D eigenvalue weighted by molar-refractivity contribution is 7.07. The van der Waals surface area contributed by atoms with E-state index in [1.807, 2.05) is 52.7 Å². The maximum atomic E-state index is 5.60. The SMILES string of the molecule is C=CCN=c1scc(-c2cc(OC)ccc2OC)n1N=Cc1cccc2ccccc12. The Kier molecular flexibility index (Phi) is 6.29. The average molecular weight is 430 g/mol. The number of hydrogen-bond donors (Lipinski definition) is 0. The first kappa shape index (κ1) is 20.6. The van der Waals surface area contributed by atoms with E-state index in [1.165, 1.54) is 16.7 Å². The molecule has 6 heteroatoms. The summed E-state index contributed by atoms with van der Waals surface area (Å²) in [6, 6.07) is 20.2. The Morgan fingerprint density at radius 2 is 1.87 bits per heavy atom. The fourth-order valence-corrected chi connectivity index (χ4v) is 4.18. The van der Waals surface area contributed by atoms with Crippen LogP contribution in [0, 0.1) is 0 Å². The van der Waals surface area contributed by atoms with Gasteiger partial charge in [-0.2, -0.15) is 5.10 Å². The van der Waals surface area contributed by atoms with Crippen LogP contribution < -0.4 is 14.3 Å². The van der Waals surface area contributed by atoms with E-state index in [2.05, 4.69) is 35.8 Å². The van der Waals surface area contributed by atoms with E-state index in [1.54, 1.807) is 20.3 Å². The van der Waals surface area contributed by atoms with Crippen LogP contribution >= 0.6 is 11.3 Å². The summed E-state index contributed by atoms with van der Waals surface area (Å²) in [7, 11) is 3.31. The summed E-state index contributed by atoms with van der Waals surface area (Å²) in [6.45, 7) is 4.29. The lowest BCUT2D eigenvalue weighted by molar-refractivity contribution is 0.404. The van der Waals surface area contributed by atoms with E-state index < -0.39 is 0 Å². The standard InChI is InChI=1S/C25H23N3O2S/c1-4-14-26-25-28(27-16-19-10-7-9-18-8-5-6-11-21(18)19)23(17-31-25)22-15-20(29-2)12-13-24(22)30-3/h4-13,15-17H,1,14H2,2-3H3. The Morgan fingerprint density at radius 3 is 2.68 bits per heavy atom. The minimum atomic E-state index is 0.513. The van der Waals surface area contributed by atoms with Gasteiger partial charge in [-0.25, -0.2) is 4.68 Å². The number of hydrogen-bond acceptors (Lipinski definition) is 5. The first-order valence-electron chi connectivity index (χ1n) is 9.81. The fourth-order valence-electron chi connectivity index (χ4n) is 3.34. The van der Waals surface area contributed by atoms with Crippen molar-refractivity contribution in [2.45, 2.75) is 0 Å². The molecule has 0 bridgehead atoms. The molecule has 0 aliphatic carbocycles. The third kappa shape index (κ3) is 4.29. The van der Waals surface area contributed by atoms with Crippen LogP contribution in [0.4, 0.5) is 0 Å². The Bertz CT molecular complexity index is 1310. The van der Waals surface area contributed by atoms with Gasteiger partial charge < -0.3 is 9.47 Å². The molecular formula is C25H23N3O2S. The molecule has 0 spiro atoms. The highest BCUT2D eigenvalue weighted by Crippen LogP contribution is 2.33. The molecule has 1 aromatic heterocycles. The second-order valence-electron chi connectivity index (χ2n) is 6.72. The lowest BCUT2D eigenvalue weighted by Gasteiger charge is -2.11. The molecule has 5 nitrogen and oxygen atoms in total. The Hall–Kier alpha value is -3.64. The van der Waals surface area contributed by atoms with E-state index in [4.69, 9.17) is 14.6 Å². The summed E-state index contributed by atoms with van der Waals surface area (Å²) in [5.74, 6) is 1.49. The molecule has 0 amide bonds. The Labute approximate surface area is 185 Å². The van der Waals surface area contributed by atoms with Crippen molar-refractivity contribution in [2.24, 2.45) is 10.1 Å². The first-order valence-corrected chi connectivity index (χ1v) is 10.7. The van der Waals surface area contributed by atoms with Crippen LogP contribution in [0.3, 0.4) is 0 Å². The predicted molar refractivity (Wildman–Crippen MR) is 128 cm³/mol. The highest BCUT2D eigenvalue weighted by atomic mass is 32.1. The molecule has 0 N–H and O–H groups in total. The van der Waals surface area contributed by atoms with Crippen molar-refractivity contribution >= 4 is 28.3 Å².